The molecular formula is C32H40N2O6S. The Morgan fingerprint density at radius 3 is 2.22 bits per heavy atom. The fraction of sp³-hybridized carbons (Fsp3) is 0.406. The first-order valence-corrected chi connectivity index (χ1v) is 15.5. The molecule has 0 aliphatic carbocycles. The standard InChI is InChI=1S/C32H40N2O6S/c1-18-10-11-22(16-19(18)2)27-20(3)26(23-12-13-25-24(17-23)34(8)14-15-39-25)28(21(4)29(27)33-41(9,37)38)30(31(35)36)40-32(5,6)7/h10-13,16-17,30,33H,14-15H2,1-9H3,(H,35,36). The lowest BCUT2D eigenvalue weighted by Gasteiger charge is -2.32. The number of aryl methyl sites for hydroxylation is 2. The van der Waals surface area contributed by atoms with Crippen LogP contribution in [0.2, 0.25) is 0 Å². The zero-order valence-corrected chi connectivity index (χ0v) is 26.1. The molecule has 1 aliphatic heterocycles. The molecule has 1 heterocycles. The number of fused-ring (bicyclic) bond motifs is 1. The molecule has 9 heteroatoms. The van der Waals surface area contributed by atoms with E-state index in [2.05, 4.69) is 9.62 Å². The van der Waals surface area contributed by atoms with E-state index in [9.17, 15) is 18.3 Å². The maximum atomic E-state index is 12.9. The van der Waals surface area contributed by atoms with Crippen molar-refractivity contribution in [3.8, 4) is 28.0 Å². The second-order valence-corrected chi connectivity index (χ2v) is 13.6. The Bertz CT molecular complexity index is 1620. The van der Waals surface area contributed by atoms with Gasteiger partial charge in [-0.05, 0) is 99.5 Å². The average Bonchev–Trinajstić information content (AvgIpc) is 2.85. The number of nitrogens with zero attached hydrogens (tertiary/aromatic N) is 1. The van der Waals surface area contributed by atoms with Crippen molar-refractivity contribution in [2.45, 2.75) is 60.2 Å². The molecule has 3 aromatic rings. The minimum absolute atomic E-state index is 0.342. The van der Waals surface area contributed by atoms with Gasteiger partial charge in [-0.3, -0.25) is 4.72 Å². The number of nitrogens with one attached hydrogen (secondary N) is 1. The highest BCUT2D eigenvalue weighted by Crippen LogP contribution is 2.48. The maximum Gasteiger partial charge on any atom is 0.337 e. The number of benzene rings is 3. The van der Waals surface area contributed by atoms with Crippen molar-refractivity contribution >= 4 is 27.4 Å². The number of anilines is 2. The minimum Gasteiger partial charge on any atom is -0.490 e. The van der Waals surface area contributed by atoms with Crippen molar-refractivity contribution in [1.29, 1.82) is 0 Å². The molecular weight excluding hydrogens is 540 g/mol. The molecule has 41 heavy (non-hydrogen) atoms. The van der Waals surface area contributed by atoms with Crippen LogP contribution < -0.4 is 14.4 Å². The number of hydrogen-bond donors (Lipinski definition) is 2. The van der Waals surface area contributed by atoms with E-state index in [0.717, 1.165) is 52.1 Å². The van der Waals surface area contributed by atoms with Crippen LogP contribution in [0.25, 0.3) is 22.3 Å². The van der Waals surface area contributed by atoms with Crippen LogP contribution in [0.5, 0.6) is 5.75 Å². The monoisotopic (exact) mass is 580 g/mol. The zero-order valence-electron chi connectivity index (χ0n) is 25.3. The van der Waals surface area contributed by atoms with Crippen molar-refractivity contribution in [1.82, 2.24) is 0 Å². The lowest BCUT2D eigenvalue weighted by molar-refractivity contribution is -0.160. The van der Waals surface area contributed by atoms with Crippen LogP contribution in [-0.2, 0) is 19.6 Å². The molecule has 0 bridgehead atoms. The molecule has 4 rings (SSSR count). The predicted molar refractivity (Wildman–Crippen MR) is 165 cm³/mol. The Kier molecular flexibility index (Phi) is 8.17. The molecule has 0 fully saturated rings. The molecule has 1 aliphatic rings. The van der Waals surface area contributed by atoms with Crippen LogP contribution >= 0.6 is 0 Å². The molecule has 1 unspecified atom stereocenters. The van der Waals surface area contributed by atoms with Gasteiger partial charge in [-0.2, -0.15) is 0 Å². The summed E-state index contributed by atoms with van der Waals surface area (Å²) in [5, 5.41) is 10.5. The highest BCUT2D eigenvalue weighted by molar-refractivity contribution is 7.92. The van der Waals surface area contributed by atoms with Crippen LogP contribution in [-0.4, -0.2) is 51.5 Å². The van der Waals surface area contributed by atoms with Gasteiger partial charge in [0.25, 0.3) is 0 Å². The number of carbonyl (C=O) groups is 1. The first kappa shape index (κ1) is 30.4. The van der Waals surface area contributed by atoms with E-state index in [-0.39, 0.29) is 0 Å². The van der Waals surface area contributed by atoms with Crippen LogP contribution in [0.1, 0.15) is 54.7 Å². The molecule has 3 aromatic carbocycles. The number of carboxylic acid groups (broad SMARTS) is 1. The summed E-state index contributed by atoms with van der Waals surface area (Å²) in [5.74, 6) is -0.407. The number of hydrogen-bond acceptors (Lipinski definition) is 6. The van der Waals surface area contributed by atoms with Gasteiger partial charge in [-0.15, -0.1) is 0 Å². The van der Waals surface area contributed by atoms with E-state index >= 15 is 0 Å². The normalized spacial score (nSPS) is 14.3. The maximum absolute atomic E-state index is 12.9. The van der Waals surface area contributed by atoms with E-state index in [0.29, 0.717) is 34.5 Å². The van der Waals surface area contributed by atoms with Crippen molar-refractivity contribution in [3.05, 3.63) is 64.2 Å². The third kappa shape index (κ3) is 6.36. The lowest BCUT2D eigenvalue weighted by Crippen LogP contribution is -2.29. The van der Waals surface area contributed by atoms with E-state index in [4.69, 9.17) is 9.47 Å². The van der Waals surface area contributed by atoms with Gasteiger partial charge < -0.3 is 19.5 Å². The van der Waals surface area contributed by atoms with Crippen molar-refractivity contribution in [3.63, 3.8) is 0 Å². The molecule has 0 spiro atoms. The summed E-state index contributed by atoms with van der Waals surface area (Å²) >= 11 is 0. The average molecular weight is 581 g/mol. The molecule has 2 N–H and O–H groups in total. The van der Waals surface area contributed by atoms with Gasteiger partial charge in [0.15, 0.2) is 6.10 Å². The van der Waals surface area contributed by atoms with Crippen LogP contribution in [0, 0.1) is 27.7 Å². The van der Waals surface area contributed by atoms with E-state index in [1.807, 2.05) is 64.2 Å². The van der Waals surface area contributed by atoms with Crippen molar-refractivity contribution in [2.24, 2.45) is 0 Å². The summed E-state index contributed by atoms with van der Waals surface area (Å²) in [7, 11) is -1.73. The van der Waals surface area contributed by atoms with Gasteiger partial charge in [0, 0.05) is 18.2 Å². The number of aliphatic carboxylic acids is 1. The summed E-state index contributed by atoms with van der Waals surface area (Å²) in [5.41, 5.74) is 7.25. The molecule has 0 saturated heterocycles. The predicted octanol–water partition coefficient (Wildman–Crippen LogP) is 6.40. The fourth-order valence-corrected chi connectivity index (χ4v) is 6.01. The van der Waals surface area contributed by atoms with E-state index in [1.165, 1.54) is 0 Å². The number of ether oxygens (including phenoxy) is 2. The van der Waals surface area contributed by atoms with Crippen LogP contribution in [0.4, 0.5) is 11.4 Å². The lowest BCUT2D eigenvalue weighted by atomic mass is 9.82. The number of sulfonamides is 1. The van der Waals surface area contributed by atoms with Gasteiger partial charge >= 0.3 is 5.97 Å². The first-order valence-electron chi connectivity index (χ1n) is 13.6. The quantitative estimate of drug-likeness (QED) is 0.333. The highest BCUT2D eigenvalue weighted by atomic mass is 32.2. The van der Waals surface area contributed by atoms with Gasteiger partial charge in [-0.1, -0.05) is 24.3 Å². The molecule has 1 atom stereocenters. The summed E-state index contributed by atoms with van der Waals surface area (Å²) in [4.78, 5) is 15.0. The Morgan fingerprint density at radius 1 is 1.00 bits per heavy atom. The van der Waals surface area contributed by atoms with Crippen molar-refractivity contribution in [2.75, 3.05) is 36.1 Å². The number of likely N-dealkylation sites (N-methyl/N-ethyl adjacent to an activating group) is 1. The Balaban J connectivity index is 2.18. The smallest absolute Gasteiger partial charge is 0.337 e. The summed E-state index contributed by atoms with van der Waals surface area (Å²) in [6, 6.07) is 11.8. The van der Waals surface area contributed by atoms with Crippen molar-refractivity contribution < 1.29 is 27.8 Å². The molecule has 0 radical (unpaired) electrons. The number of rotatable bonds is 7. The summed E-state index contributed by atoms with van der Waals surface area (Å²) in [6.07, 6.45) is -0.262. The largest absolute Gasteiger partial charge is 0.490 e. The Labute approximate surface area is 243 Å². The van der Waals surface area contributed by atoms with Gasteiger partial charge in [0.1, 0.15) is 12.4 Å². The number of carboxylic acids is 1. The highest BCUT2D eigenvalue weighted by Gasteiger charge is 2.35. The van der Waals surface area contributed by atoms with E-state index in [1.54, 1.807) is 27.7 Å². The molecule has 0 saturated carbocycles. The van der Waals surface area contributed by atoms with Crippen LogP contribution in [0.15, 0.2) is 36.4 Å². The van der Waals surface area contributed by atoms with Gasteiger partial charge in [0.2, 0.25) is 10.0 Å². The Hall–Kier alpha value is -3.56. The molecule has 0 amide bonds. The third-order valence-corrected chi connectivity index (χ3v) is 8.01. The van der Waals surface area contributed by atoms with E-state index < -0.39 is 27.7 Å². The summed E-state index contributed by atoms with van der Waals surface area (Å²) in [6.45, 7) is 14.4. The third-order valence-electron chi connectivity index (χ3n) is 7.43. The van der Waals surface area contributed by atoms with Crippen LogP contribution in [0.3, 0.4) is 0 Å². The zero-order chi connectivity index (χ0) is 30.4. The SMILES string of the molecule is Cc1ccc(-c2c(C)c(-c3ccc4c(c3)N(C)CCO4)c(C(OC(C)(C)C)C(=O)O)c(C)c2NS(C)(=O)=O)cc1C. The first-order chi connectivity index (χ1) is 19.0. The topological polar surface area (TPSA) is 105 Å². The molecule has 220 valence electrons. The Morgan fingerprint density at radius 2 is 1.63 bits per heavy atom. The van der Waals surface area contributed by atoms with Gasteiger partial charge in [-0.25, -0.2) is 13.2 Å². The molecule has 0 aromatic heterocycles. The summed E-state index contributed by atoms with van der Waals surface area (Å²) < 4.78 is 40.1. The fourth-order valence-electron chi connectivity index (χ4n) is 5.39. The van der Waals surface area contributed by atoms with Gasteiger partial charge in [0.05, 0.1) is 29.8 Å². The molecule has 8 nitrogen and oxygen atoms in total. The second kappa shape index (κ2) is 11.0. The second-order valence-electron chi connectivity index (χ2n) is 11.9. The minimum atomic E-state index is -3.72.